The van der Waals surface area contributed by atoms with Crippen molar-refractivity contribution in [3.63, 3.8) is 0 Å². The van der Waals surface area contributed by atoms with Crippen LogP contribution in [0.4, 0.5) is 5.13 Å². The predicted molar refractivity (Wildman–Crippen MR) is 63.6 cm³/mol. The van der Waals surface area contributed by atoms with Gasteiger partial charge in [-0.05, 0) is 19.9 Å². The van der Waals surface area contributed by atoms with E-state index in [4.69, 9.17) is 4.42 Å². The lowest BCUT2D eigenvalue weighted by Gasteiger charge is -1.94. The number of hydrogen-bond acceptors (Lipinski definition) is 4. The molecule has 1 amide bonds. The van der Waals surface area contributed by atoms with E-state index in [9.17, 15) is 4.79 Å². The second-order valence-corrected chi connectivity index (χ2v) is 4.40. The van der Waals surface area contributed by atoms with Crippen molar-refractivity contribution in [1.29, 1.82) is 0 Å². The Bertz CT molecular complexity index is 528. The largest absolute Gasteiger partial charge is 0.466 e. The van der Waals surface area contributed by atoms with Crippen molar-refractivity contribution in [2.75, 3.05) is 5.32 Å². The molecule has 0 unspecified atom stereocenters. The first-order chi connectivity index (χ1) is 7.56. The molecule has 0 atom stereocenters. The Morgan fingerprint density at radius 3 is 2.81 bits per heavy atom. The molecular formula is C11H12N2O2S. The van der Waals surface area contributed by atoms with E-state index in [-0.39, 0.29) is 5.91 Å². The number of carbonyl (C=O) groups is 1. The van der Waals surface area contributed by atoms with E-state index in [0.29, 0.717) is 5.13 Å². The molecule has 2 aromatic heterocycles. The van der Waals surface area contributed by atoms with E-state index >= 15 is 0 Å². The van der Waals surface area contributed by atoms with E-state index in [2.05, 4.69) is 10.3 Å². The highest BCUT2D eigenvalue weighted by Crippen LogP contribution is 2.29. The van der Waals surface area contributed by atoms with Crippen LogP contribution in [0.1, 0.15) is 18.4 Å². The first-order valence-corrected chi connectivity index (χ1v) is 5.75. The van der Waals surface area contributed by atoms with Gasteiger partial charge in [-0.3, -0.25) is 4.79 Å². The maximum Gasteiger partial charge on any atom is 0.223 e. The highest BCUT2D eigenvalue weighted by molar-refractivity contribution is 7.14. The monoisotopic (exact) mass is 236 g/mol. The van der Waals surface area contributed by atoms with Crippen LogP contribution in [0, 0.1) is 13.8 Å². The van der Waals surface area contributed by atoms with Crippen LogP contribution in [0.5, 0.6) is 0 Å². The molecule has 16 heavy (non-hydrogen) atoms. The van der Waals surface area contributed by atoms with Crippen molar-refractivity contribution >= 4 is 22.4 Å². The molecule has 0 saturated heterocycles. The molecular weight excluding hydrogens is 224 g/mol. The molecule has 2 rings (SSSR count). The minimum atomic E-state index is -0.110. The van der Waals surface area contributed by atoms with E-state index in [1.807, 2.05) is 25.3 Å². The van der Waals surface area contributed by atoms with Crippen molar-refractivity contribution in [3.05, 3.63) is 23.0 Å². The third kappa shape index (κ3) is 2.14. The molecule has 0 radical (unpaired) electrons. The number of hydrogen-bond donors (Lipinski definition) is 1. The number of anilines is 1. The number of nitrogens with one attached hydrogen (secondary N) is 1. The third-order valence-corrected chi connectivity index (χ3v) is 2.86. The zero-order valence-electron chi connectivity index (χ0n) is 9.33. The van der Waals surface area contributed by atoms with Crippen LogP contribution in [0.25, 0.3) is 11.3 Å². The van der Waals surface area contributed by atoms with Gasteiger partial charge >= 0.3 is 0 Å². The smallest absolute Gasteiger partial charge is 0.223 e. The number of rotatable bonds is 2. The Balaban J connectivity index is 2.31. The summed E-state index contributed by atoms with van der Waals surface area (Å²) in [6.45, 7) is 5.27. The summed E-state index contributed by atoms with van der Waals surface area (Å²) in [5.41, 5.74) is 1.81. The molecule has 0 fully saturated rings. The Hall–Kier alpha value is -1.62. The second-order valence-electron chi connectivity index (χ2n) is 3.55. The van der Waals surface area contributed by atoms with Crippen molar-refractivity contribution in [1.82, 2.24) is 4.98 Å². The Morgan fingerprint density at radius 2 is 2.25 bits per heavy atom. The van der Waals surface area contributed by atoms with Crippen LogP contribution in [-0.2, 0) is 4.79 Å². The molecule has 5 heteroatoms. The highest BCUT2D eigenvalue weighted by Gasteiger charge is 2.11. The molecule has 0 spiro atoms. The van der Waals surface area contributed by atoms with Gasteiger partial charge in [-0.15, -0.1) is 11.3 Å². The fourth-order valence-corrected chi connectivity index (χ4v) is 2.25. The maximum absolute atomic E-state index is 10.9. The van der Waals surface area contributed by atoms with E-state index in [0.717, 1.165) is 22.8 Å². The lowest BCUT2D eigenvalue weighted by molar-refractivity contribution is -0.114. The SMILES string of the molecule is CC(=O)Nc1nc(-c2cc(C)oc2C)cs1. The Morgan fingerprint density at radius 1 is 1.50 bits per heavy atom. The summed E-state index contributed by atoms with van der Waals surface area (Å²) in [5, 5.41) is 5.18. The van der Waals surface area contributed by atoms with Gasteiger partial charge in [0.05, 0.1) is 5.69 Å². The van der Waals surface area contributed by atoms with Gasteiger partial charge in [0, 0.05) is 17.9 Å². The summed E-state index contributed by atoms with van der Waals surface area (Å²) in [6.07, 6.45) is 0. The molecule has 0 bridgehead atoms. The average Bonchev–Trinajstić information content (AvgIpc) is 2.72. The molecule has 2 heterocycles. The molecule has 0 aliphatic rings. The van der Waals surface area contributed by atoms with Crippen LogP contribution in [0.2, 0.25) is 0 Å². The summed E-state index contributed by atoms with van der Waals surface area (Å²) in [6, 6.07) is 1.95. The number of aryl methyl sites for hydroxylation is 2. The minimum absolute atomic E-state index is 0.110. The zero-order valence-corrected chi connectivity index (χ0v) is 10.1. The maximum atomic E-state index is 10.9. The first-order valence-electron chi connectivity index (χ1n) is 4.87. The normalized spacial score (nSPS) is 10.4. The van der Waals surface area contributed by atoms with Crippen LogP contribution in [0.15, 0.2) is 15.9 Å². The van der Waals surface area contributed by atoms with Crippen LogP contribution in [0.3, 0.4) is 0 Å². The Kier molecular flexibility index (Phi) is 2.78. The molecule has 0 aromatic carbocycles. The highest BCUT2D eigenvalue weighted by atomic mass is 32.1. The van der Waals surface area contributed by atoms with Crippen molar-refractivity contribution < 1.29 is 9.21 Å². The number of aromatic nitrogens is 1. The van der Waals surface area contributed by atoms with Crippen LogP contribution < -0.4 is 5.32 Å². The van der Waals surface area contributed by atoms with Gasteiger partial charge in [0.1, 0.15) is 11.5 Å². The third-order valence-electron chi connectivity index (χ3n) is 2.10. The van der Waals surface area contributed by atoms with E-state index in [1.165, 1.54) is 18.3 Å². The summed E-state index contributed by atoms with van der Waals surface area (Å²) >= 11 is 1.41. The summed E-state index contributed by atoms with van der Waals surface area (Å²) < 4.78 is 5.44. The lowest BCUT2D eigenvalue weighted by atomic mass is 10.2. The number of thiazole rings is 1. The topological polar surface area (TPSA) is 55.1 Å². The molecule has 1 N–H and O–H groups in total. The molecule has 84 valence electrons. The van der Waals surface area contributed by atoms with Gasteiger partial charge < -0.3 is 9.73 Å². The summed E-state index contributed by atoms with van der Waals surface area (Å²) in [5.74, 6) is 1.60. The van der Waals surface area contributed by atoms with E-state index in [1.54, 1.807) is 0 Å². The molecule has 0 aliphatic heterocycles. The summed E-state index contributed by atoms with van der Waals surface area (Å²) in [4.78, 5) is 15.2. The molecule has 0 saturated carbocycles. The van der Waals surface area contributed by atoms with Crippen LogP contribution >= 0.6 is 11.3 Å². The lowest BCUT2D eigenvalue weighted by Crippen LogP contribution is -2.04. The van der Waals surface area contributed by atoms with Gasteiger partial charge in [0.25, 0.3) is 0 Å². The van der Waals surface area contributed by atoms with Crippen molar-refractivity contribution in [3.8, 4) is 11.3 Å². The standard InChI is InChI=1S/C11H12N2O2S/c1-6-4-9(7(2)15-6)10-5-16-11(13-10)12-8(3)14/h4-5H,1-3H3,(H,12,13,14). The average molecular weight is 236 g/mol. The minimum Gasteiger partial charge on any atom is -0.466 e. The van der Waals surface area contributed by atoms with Gasteiger partial charge in [-0.2, -0.15) is 0 Å². The zero-order chi connectivity index (χ0) is 11.7. The number of furan rings is 1. The predicted octanol–water partition coefficient (Wildman–Crippen LogP) is 2.98. The second kappa shape index (κ2) is 4.09. The van der Waals surface area contributed by atoms with Gasteiger partial charge in [0.2, 0.25) is 5.91 Å². The van der Waals surface area contributed by atoms with Gasteiger partial charge in [-0.1, -0.05) is 0 Å². The van der Waals surface area contributed by atoms with Crippen LogP contribution in [-0.4, -0.2) is 10.9 Å². The molecule has 4 nitrogen and oxygen atoms in total. The molecule has 0 aliphatic carbocycles. The van der Waals surface area contributed by atoms with Gasteiger partial charge in [-0.25, -0.2) is 4.98 Å². The number of amides is 1. The summed E-state index contributed by atoms with van der Waals surface area (Å²) in [7, 11) is 0. The fraction of sp³-hybridized carbons (Fsp3) is 0.273. The van der Waals surface area contributed by atoms with Crippen molar-refractivity contribution in [2.24, 2.45) is 0 Å². The molecule has 2 aromatic rings. The fourth-order valence-electron chi connectivity index (χ4n) is 1.49. The van der Waals surface area contributed by atoms with Crippen molar-refractivity contribution in [2.45, 2.75) is 20.8 Å². The number of carbonyl (C=O) groups excluding carboxylic acids is 1. The quantitative estimate of drug-likeness (QED) is 0.872. The van der Waals surface area contributed by atoms with Gasteiger partial charge in [0.15, 0.2) is 5.13 Å². The van der Waals surface area contributed by atoms with E-state index < -0.39 is 0 Å². The Labute approximate surface area is 97.3 Å². The first kappa shape index (κ1) is 10.9. The number of nitrogens with zero attached hydrogens (tertiary/aromatic N) is 1.